The highest BCUT2D eigenvalue weighted by atomic mass is 35.5. The zero-order valence-electron chi connectivity index (χ0n) is 11.5. The van der Waals surface area contributed by atoms with E-state index in [0.717, 1.165) is 6.26 Å². The maximum atomic E-state index is 13.1. The molecule has 1 heterocycles. The minimum absolute atomic E-state index is 0.0748. The van der Waals surface area contributed by atoms with Crippen LogP contribution in [0.4, 0.5) is 10.1 Å². The number of hydrogen-bond acceptors (Lipinski definition) is 3. The summed E-state index contributed by atoms with van der Waals surface area (Å²) in [7, 11) is -3.29. The number of carbonyl (C=O) groups excluding carboxylic acids is 1. The molecular weight excluding hydrogens is 319 g/mol. The Labute approximate surface area is 128 Å². The molecule has 0 radical (unpaired) electrons. The Hall–Kier alpha value is -1.18. The van der Waals surface area contributed by atoms with Crippen LogP contribution in [0, 0.1) is 11.7 Å². The number of carbonyl (C=O) groups is 1. The maximum absolute atomic E-state index is 13.1. The average molecular weight is 335 g/mol. The molecule has 5 nitrogen and oxygen atoms in total. The molecule has 1 saturated heterocycles. The van der Waals surface area contributed by atoms with Gasteiger partial charge in [-0.1, -0.05) is 11.6 Å². The Balaban J connectivity index is 2.04. The van der Waals surface area contributed by atoms with Gasteiger partial charge in [0.05, 0.1) is 17.2 Å². The smallest absolute Gasteiger partial charge is 0.228 e. The zero-order chi connectivity index (χ0) is 15.6. The van der Waals surface area contributed by atoms with E-state index in [0.29, 0.717) is 25.1 Å². The summed E-state index contributed by atoms with van der Waals surface area (Å²) >= 11 is 5.65. The van der Waals surface area contributed by atoms with Gasteiger partial charge in [0.1, 0.15) is 5.82 Å². The van der Waals surface area contributed by atoms with Crippen molar-refractivity contribution < 1.29 is 17.6 Å². The summed E-state index contributed by atoms with van der Waals surface area (Å²) in [5.74, 6) is -1.26. The van der Waals surface area contributed by atoms with Crippen molar-refractivity contribution in [1.82, 2.24) is 4.31 Å². The van der Waals surface area contributed by atoms with E-state index in [1.54, 1.807) is 0 Å². The lowest BCUT2D eigenvalue weighted by Crippen LogP contribution is -2.43. The van der Waals surface area contributed by atoms with Crippen LogP contribution < -0.4 is 5.32 Å². The van der Waals surface area contributed by atoms with Crippen LogP contribution in [-0.2, 0) is 14.8 Å². The molecule has 1 N–H and O–H groups in total. The molecule has 8 heteroatoms. The highest BCUT2D eigenvalue weighted by molar-refractivity contribution is 7.88. The second-order valence-electron chi connectivity index (χ2n) is 5.08. The molecular formula is C13H16ClFN2O3S. The van der Waals surface area contributed by atoms with Gasteiger partial charge >= 0.3 is 0 Å². The second-order valence-corrected chi connectivity index (χ2v) is 7.47. The Kier molecular flexibility index (Phi) is 4.85. The molecule has 0 spiro atoms. The first-order chi connectivity index (χ1) is 9.77. The Morgan fingerprint density at radius 2 is 2.19 bits per heavy atom. The van der Waals surface area contributed by atoms with Crippen LogP contribution in [0.3, 0.4) is 0 Å². The minimum Gasteiger partial charge on any atom is -0.326 e. The lowest BCUT2D eigenvalue weighted by atomic mass is 9.99. The van der Waals surface area contributed by atoms with Crippen LogP contribution in [0.25, 0.3) is 0 Å². The van der Waals surface area contributed by atoms with Crippen molar-refractivity contribution >= 4 is 33.2 Å². The maximum Gasteiger partial charge on any atom is 0.228 e. The van der Waals surface area contributed by atoms with Crippen molar-refractivity contribution in [3.05, 3.63) is 29.0 Å². The predicted molar refractivity (Wildman–Crippen MR) is 79.2 cm³/mol. The fourth-order valence-electron chi connectivity index (χ4n) is 2.28. The number of sulfonamides is 1. The van der Waals surface area contributed by atoms with Crippen LogP contribution in [-0.4, -0.2) is 38.0 Å². The number of halogens is 2. The topological polar surface area (TPSA) is 66.5 Å². The molecule has 0 aromatic heterocycles. The molecule has 21 heavy (non-hydrogen) atoms. The molecule has 1 aromatic carbocycles. The summed E-state index contributed by atoms with van der Waals surface area (Å²) in [6, 6.07) is 3.91. The van der Waals surface area contributed by atoms with E-state index in [1.165, 1.54) is 22.5 Å². The highest BCUT2D eigenvalue weighted by Gasteiger charge is 2.30. The number of anilines is 1. The van der Waals surface area contributed by atoms with Gasteiger partial charge in [-0.2, -0.15) is 0 Å². The van der Waals surface area contributed by atoms with E-state index in [4.69, 9.17) is 11.6 Å². The summed E-state index contributed by atoms with van der Waals surface area (Å²) in [5.41, 5.74) is 0.392. The number of nitrogens with one attached hydrogen (secondary N) is 1. The molecule has 116 valence electrons. The van der Waals surface area contributed by atoms with Gasteiger partial charge in [-0.15, -0.1) is 0 Å². The third-order valence-electron chi connectivity index (χ3n) is 3.41. The first kappa shape index (κ1) is 16.2. The van der Waals surface area contributed by atoms with Gasteiger partial charge in [0.25, 0.3) is 0 Å². The SMILES string of the molecule is CS(=O)(=O)N1CCC[C@H](C(=O)Nc2ccc(F)c(Cl)c2)C1. The van der Waals surface area contributed by atoms with E-state index >= 15 is 0 Å². The molecule has 1 amide bonds. The quantitative estimate of drug-likeness (QED) is 0.920. The number of benzene rings is 1. The van der Waals surface area contributed by atoms with Gasteiger partial charge in [0.15, 0.2) is 0 Å². The van der Waals surface area contributed by atoms with Crippen molar-refractivity contribution in [3.8, 4) is 0 Å². The fraction of sp³-hybridized carbons (Fsp3) is 0.462. The molecule has 1 aromatic rings. The largest absolute Gasteiger partial charge is 0.326 e. The molecule has 1 atom stereocenters. The first-order valence-corrected chi connectivity index (χ1v) is 8.71. The summed E-state index contributed by atoms with van der Waals surface area (Å²) in [5, 5.41) is 2.57. The number of nitrogens with zero attached hydrogens (tertiary/aromatic N) is 1. The van der Waals surface area contributed by atoms with Gasteiger partial charge in [-0.3, -0.25) is 4.79 Å². The van der Waals surface area contributed by atoms with Crippen LogP contribution in [0.1, 0.15) is 12.8 Å². The van der Waals surface area contributed by atoms with Crippen molar-refractivity contribution in [1.29, 1.82) is 0 Å². The van der Waals surface area contributed by atoms with Crippen molar-refractivity contribution in [2.45, 2.75) is 12.8 Å². The molecule has 1 fully saturated rings. The van der Waals surface area contributed by atoms with Gasteiger partial charge in [0, 0.05) is 18.8 Å². The Morgan fingerprint density at radius 3 is 2.81 bits per heavy atom. The summed E-state index contributed by atoms with van der Waals surface area (Å²) in [4.78, 5) is 12.2. The van der Waals surface area contributed by atoms with Crippen LogP contribution >= 0.6 is 11.6 Å². The zero-order valence-corrected chi connectivity index (χ0v) is 13.0. The van der Waals surface area contributed by atoms with Crippen molar-refractivity contribution in [3.63, 3.8) is 0 Å². The normalized spacial score (nSPS) is 20.2. The van der Waals surface area contributed by atoms with E-state index in [9.17, 15) is 17.6 Å². The second kappa shape index (κ2) is 6.29. The molecule has 0 saturated carbocycles. The molecule has 0 bridgehead atoms. The lowest BCUT2D eigenvalue weighted by molar-refractivity contribution is -0.120. The van der Waals surface area contributed by atoms with Crippen LogP contribution in [0.2, 0.25) is 5.02 Å². The fourth-order valence-corrected chi connectivity index (χ4v) is 3.37. The summed E-state index contributed by atoms with van der Waals surface area (Å²) < 4.78 is 37.4. The van der Waals surface area contributed by atoms with Crippen LogP contribution in [0.15, 0.2) is 18.2 Å². The standard InChI is InChI=1S/C13H16ClFN2O3S/c1-21(19,20)17-6-2-3-9(8-17)13(18)16-10-4-5-12(15)11(14)7-10/h4-5,7,9H,2-3,6,8H2,1H3,(H,16,18)/t9-/m0/s1. The molecule has 0 aliphatic carbocycles. The Bertz CT molecular complexity index is 651. The van der Waals surface area contributed by atoms with Crippen molar-refractivity contribution in [2.24, 2.45) is 5.92 Å². The number of rotatable bonds is 3. The highest BCUT2D eigenvalue weighted by Crippen LogP contribution is 2.23. The third kappa shape index (κ3) is 4.15. The molecule has 2 rings (SSSR count). The number of amides is 1. The van der Waals surface area contributed by atoms with Gasteiger partial charge < -0.3 is 5.32 Å². The Morgan fingerprint density at radius 1 is 1.48 bits per heavy atom. The average Bonchev–Trinajstić information content (AvgIpc) is 2.42. The monoisotopic (exact) mass is 334 g/mol. The summed E-state index contributed by atoms with van der Waals surface area (Å²) in [6.45, 7) is 0.602. The van der Waals surface area contributed by atoms with E-state index in [-0.39, 0.29) is 17.5 Å². The van der Waals surface area contributed by atoms with E-state index < -0.39 is 21.8 Å². The first-order valence-electron chi connectivity index (χ1n) is 6.48. The van der Waals surface area contributed by atoms with Crippen molar-refractivity contribution in [2.75, 3.05) is 24.7 Å². The number of piperidine rings is 1. The van der Waals surface area contributed by atoms with Gasteiger partial charge in [-0.25, -0.2) is 17.1 Å². The summed E-state index contributed by atoms with van der Waals surface area (Å²) in [6.07, 6.45) is 2.38. The van der Waals surface area contributed by atoms with E-state index in [1.807, 2.05) is 0 Å². The predicted octanol–water partition coefficient (Wildman–Crippen LogP) is 2.09. The van der Waals surface area contributed by atoms with Gasteiger partial charge in [0.2, 0.25) is 15.9 Å². The van der Waals surface area contributed by atoms with Crippen LogP contribution in [0.5, 0.6) is 0 Å². The molecule has 0 unspecified atom stereocenters. The minimum atomic E-state index is -3.29. The molecule has 1 aliphatic rings. The van der Waals surface area contributed by atoms with E-state index in [2.05, 4.69) is 5.32 Å². The van der Waals surface area contributed by atoms with Gasteiger partial charge in [-0.05, 0) is 31.0 Å². The molecule has 1 aliphatic heterocycles. The third-order valence-corrected chi connectivity index (χ3v) is 4.97. The lowest BCUT2D eigenvalue weighted by Gasteiger charge is -2.30. The number of hydrogen-bond donors (Lipinski definition) is 1.